The Labute approximate surface area is 132 Å². The van der Waals surface area contributed by atoms with Crippen LogP contribution in [0.25, 0.3) is 0 Å². The predicted molar refractivity (Wildman–Crippen MR) is 82.7 cm³/mol. The zero-order chi connectivity index (χ0) is 17.1. The maximum absolute atomic E-state index is 12.4. The number of hydrogen-bond acceptors (Lipinski definition) is 6. The molecule has 0 heterocycles. The molecule has 0 fully saturated rings. The number of ether oxygens (including phenoxy) is 2. The van der Waals surface area contributed by atoms with Crippen LogP contribution in [0.2, 0.25) is 0 Å². The van der Waals surface area contributed by atoms with E-state index in [4.69, 9.17) is 9.47 Å². The second-order valence-electron chi connectivity index (χ2n) is 4.89. The van der Waals surface area contributed by atoms with E-state index in [1.807, 2.05) is 0 Å². The number of methoxy groups -OCH3 is 2. The molecule has 0 aliphatic rings. The average molecular weight is 316 g/mol. The van der Waals surface area contributed by atoms with E-state index in [-0.39, 0.29) is 34.1 Å². The SMILES string of the molecule is COc1cc(C(=O)C(=O)c2cc(C)c(O)c(OC)c2)ccc1O. The average Bonchev–Trinajstić information content (AvgIpc) is 2.56. The normalized spacial score (nSPS) is 10.2. The molecule has 0 saturated carbocycles. The van der Waals surface area contributed by atoms with Crippen molar-refractivity contribution in [2.24, 2.45) is 0 Å². The summed E-state index contributed by atoms with van der Waals surface area (Å²) in [5.41, 5.74) is 0.618. The Morgan fingerprint density at radius 3 is 2.04 bits per heavy atom. The molecule has 6 nitrogen and oxygen atoms in total. The summed E-state index contributed by atoms with van der Waals surface area (Å²) in [6.45, 7) is 1.60. The van der Waals surface area contributed by atoms with E-state index in [1.54, 1.807) is 6.92 Å². The molecule has 0 radical (unpaired) electrons. The number of aromatic hydroxyl groups is 2. The molecule has 6 heteroatoms. The Kier molecular flexibility index (Phi) is 4.55. The molecule has 0 spiro atoms. The highest BCUT2D eigenvalue weighted by atomic mass is 16.5. The standard InChI is InChI=1S/C17H16O6/c1-9-6-11(8-14(23-3)15(9)19)17(21)16(20)10-4-5-12(18)13(7-10)22-2/h4-8,18-19H,1-3H3. The van der Waals surface area contributed by atoms with Gasteiger partial charge >= 0.3 is 0 Å². The molecule has 2 aromatic carbocycles. The predicted octanol–water partition coefficient (Wildman–Crippen LogP) is 2.49. The topological polar surface area (TPSA) is 93.1 Å². The van der Waals surface area contributed by atoms with Crippen LogP contribution in [0.15, 0.2) is 30.3 Å². The molecular weight excluding hydrogens is 300 g/mol. The molecular formula is C17H16O6. The van der Waals surface area contributed by atoms with Gasteiger partial charge in [-0.25, -0.2) is 0 Å². The summed E-state index contributed by atoms with van der Waals surface area (Å²) < 4.78 is 9.91. The molecule has 0 saturated heterocycles. The van der Waals surface area contributed by atoms with Gasteiger partial charge in [0.1, 0.15) is 0 Å². The molecule has 120 valence electrons. The van der Waals surface area contributed by atoms with Gasteiger partial charge in [0.15, 0.2) is 23.0 Å². The molecule has 0 amide bonds. The highest BCUT2D eigenvalue weighted by Crippen LogP contribution is 2.32. The molecule has 23 heavy (non-hydrogen) atoms. The number of hydrogen-bond donors (Lipinski definition) is 2. The van der Waals surface area contributed by atoms with Gasteiger partial charge in [-0.3, -0.25) is 9.59 Å². The Morgan fingerprint density at radius 1 is 0.870 bits per heavy atom. The Hall–Kier alpha value is -3.02. The number of Topliss-reactive ketones (excluding diaryl/α,β-unsaturated/α-hetero) is 2. The highest BCUT2D eigenvalue weighted by Gasteiger charge is 2.22. The maximum Gasteiger partial charge on any atom is 0.233 e. The van der Waals surface area contributed by atoms with Gasteiger partial charge in [0.25, 0.3) is 0 Å². The summed E-state index contributed by atoms with van der Waals surface area (Å²) in [5.74, 6) is -1.50. The van der Waals surface area contributed by atoms with Gasteiger partial charge in [-0.15, -0.1) is 0 Å². The van der Waals surface area contributed by atoms with Crippen LogP contribution >= 0.6 is 0 Å². The molecule has 0 aliphatic carbocycles. The third-order valence-corrected chi connectivity index (χ3v) is 3.40. The Bertz CT molecular complexity index is 779. The minimum absolute atomic E-state index is 0.0807. The van der Waals surface area contributed by atoms with Gasteiger partial charge in [0, 0.05) is 11.1 Å². The van der Waals surface area contributed by atoms with Crippen LogP contribution < -0.4 is 9.47 Å². The van der Waals surface area contributed by atoms with Crippen LogP contribution in [0.3, 0.4) is 0 Å². The van der Waals surface area contributed by atoms with Crippen LogP contribution in [0.5, 0.6) is 23.0 Å². The van der Waals surface area contributed by atoms with E-state index < -0.39 is 11.6 Å². The lowest BCUT2D eigenvalue weighted by Gasteiger charge is -2.09. The van der Waals surface area contributed by atoms with Crippen molar-refractivity contribution in [3.8, 4) is 23.0 Å². The monoisotopic (exact) mass is 316 g/mol. The summed E-state index contributed by atoms with van der Waals surface area (Å²) in [6, 6.07) is 6.63. The summed E-state index contributed by atoms with van der Waals surface area (Å²) in [7, 11) is 2.70. The van der Waals surface area contributed by atoms with Gasteiger partial charge in [-0.05, 0) is 42.8 Å². The largest absolute Gasteiger partial charge is 0.504 e. The molecule has 0 aliphatic heterocycles. The number of carbonyl (C=O) groups is 2. The van der Waals surface area contributed by atoms with Crippen molar-refractivity contribution >= 4 is 11.6 Å². The first-order chi connectivity index (χ1) is 10.9. The molecule has 2 aromatic rings. The van der Waals surface area contributed by atoms with E-state index in [0.29, 0.717) is 5.56 Å². The lowest BCUT2D eigenvalue weighted by molar-refractivity contribution is 0.0816. The van der Waals surface area contributed by atoms with E-state index >= 15 is 0 Å². The smallest absolute Gasteiger partial charge is 0.233 e. The van der Waals surface area contributed by atoms with Crippen LogP contribution in [-0.4, -0.2) is 36.0 Å². The first-order valence-corrected chi connectivity index (χ1v) is 6.72. The number of benzene rings is 2. The number of aryl methyl sites for hydroxylation is 1. The zero-order valence-electron chi connectivity index (χ0n) is 12.9. The van der Waals surface area contributed by atoms with E-state index in [0.717, 1.165) is 0 Å². The number of carbonyl (C=O) groups excluding carboxylic acids is 2. The molecule has 2 N–H and O–H groups in total. The van der Waals surface area contributed by atoms with Crippen LogP contribution in [0.1, 0.15) is 26.3 Å². The van der Waals surface area contributed by atoms with Crippen molar-refractivity contribution in [2.75, 3.05) is 14.2 Å². The summed E-state index contributed by atoms with van der Waals surface area (Å²) in [4.78, 5) is 24.7. The maximum atomic E-state index is 12.4. The fourth-order valence-corrected chi connectivity index (χ4v) is 2.11. The van der Waals surface area contributed by atoms with Crippen molar-refractivity contribution < 1.29 is 29.3 Å². The molecule has 0 aromatic heterocycles. The fourth-order valence-electron chi connectivity index (χ4n) is 2.11. The number of rotatable bonds is 5. The van der Waals surface area contributed by atoms with Gasteiger partial charge in [-0.1, -0.05) is 0 Å². The van der Waals surface area contributed by atoms with Gasteiger partial charge in [-0.2, -0.15) is 0 Å². The second-order valence-corrected chi connectivity index (χ2v) is 4.89. The fraction of sp³-hybridized carbons (Fsp3) is 0.176. The molecule has 0 bridgehead atoms. The number of ketones is 2. The van der Waals surface area contributed by atoms with Gasteiger partial charge < -0.3 is 19.7 Å². The summed E-state index contributed by atoms with van der Waals surface area (Å²) in [5, 5.41) is 19.3. The van der Waals surface area contributed by atoms with Crippen LogP contribution in [0.4, 0.5) is 0 Å². The first-order valence-electron chi connectivity index (χ1n) is 6.72. The lowest BCUT2D eigenvalue weighted by atomic mass is 9.99. The second kappa shape index (κ2) is 6.39. The third-order valence-electron chi connectivity index (χ3n) is 3.40. The third kappa shape index (κ3) is 3.11. The summed E-state index contributed by atoms with van der Waals surface area (Å²) in [6.07, 6.45) is 0. The minimum Gasteiger partial charge on any atom is -0.504 e. The molecule has 2 rings (SSSR count). The van der Waals surface area contributed by atoms with Gasteiger partial charge in [0.05, 0.1) is 14.2 Å². The lowest BCUT2D eigenvalue weighted by Crippen LogP contribution is -2.15. The van der Waals surface area contributed by atoms with Crippen molar-refractivity contribution in [2.45, 2.75) is 6.92 Å². The quantitative estimate of drug-likeness (QED) is 0.650. The highest BCUT2D eigenvalue weighted by molar-refractivity contribution is 6.49. The van der Waals surface area contributed by atoms with Crippen molar-refractivity contribution in [3.05, 3.63) is 47.0 Å². The number of phenolic OH excluding ortho intramolecular Hbond substituents is 2. The Morgan fingerprint density at radius 2 is 1.43 bits per heavy atom. The summed E-state index contributed by atoms with van der Waals surface area (Å²) >= 11 is 0. The van der Waals surface area contributed by atoms with E-state index in [1.165, 1.54) is 44.6 Å². The van der Waals surface area contributed by atoms with E-state index in [9.17, 15) is 19.8 Å². The first kappa shape index (κ1) is 16.4. The molecule has 0 atom stereocenters. The minimum atomic E-state index is -0.754. The van der Waals surface area contributed by atoms with Gasteiger partial charge in [0.2, 0.25) is 11.6 Å². The van der Waals surface area contributed by atoms with Crippen molar-refractivity contribution in [1.29, 1.82) is 0 Å². The van der Waals surface area contributed by atoms with Crippen molar-refractivity contribution in [3.63, 3.8) is 0 Å². The Balaban J connectivity index is 2.41. The van der Waals surface area contributed by atoms with E-state index in [2.05, 4.69) is 0 Å². The van der Waals surface area contributed by atoms with Crippen molar-refractivity contribution in [1.82, 2.24) is 0 Å². The van der Waals surface area contributed by atoms with Crippen LogP contribution in [0, 0.1) is 6.92 Å². The zero-order valence-corrected chi connectivity index (χ0v) is 12.9. The number of phenols is 2. The van der Waals surface area contributed by atoms with Crippen LogP contribution in [-0.2, 0) is 0 Å². The molecule has 0 unspecified atom stereocenters.